The van der Waals surface area contributed by atoms with Crippen LogP contribution in [0.3, 0.4) is 0 Å². The first-order valence-electron chi connectivity index (χ1n) is 3.48. The van der Waals surface area contributed by atoms with Crippen molar-refractivity contribution in [3.05, 3.63) is 12.1 Å². The highest BCUT2D eigenvalue weighted by Gasteiger charge is 1.98. The van der Waals surface area contributed by atoms with Gasteiger partial charge in [-0.15, -0.1) is 0 Å². The Kier molecular flexibility index (Phi) is 2.31. The fraction of sp³-hybridized carbons (Fsp3) is 0.571. The summed E-state index contributed by atoms with van der Waals surface area (Å²) in [5.74, 6) is 0.793. The van der Waals surface area contributed by atoms with Gasteiger partial charge in [-0.1, -0.05) is 6.92 Å². The van der Waals surface area contributed by atoms with Crippen LogP contribution in [0.25, 0.3) is 0 Å². The van der Waals surface area contributed by atoms with Crippen LogP contribution in [0.5, 0.6) is 0 Å². The smallest absolute Gasteiger partial charge is 0.216 e. The van der Waals surface area contributed by atoms with Gasteiger partial charge in [0.2, 0.25) is 5.88 Å². The SMILES string of the molecule is CCCNc1ocnc1C. The zero-order chi connectivity index (χ0) is 7.40. The summed E-state index contributed by atoms with van der Waals surface area (Å²) in [6, 6.07) is 0. The summed E-state index contributed by atoms with van der Waals surface area (Å²) in [6.07, 6.45) is 2.55. The van der Waals surface area contributed by atoms with E-state index in [0.717, 1.165) is 24.5 Å². The lowest BCUT2D eigenvalue weighted by molar-refractivity contribution is 0.568. The van der Waals surface area contributed by atoms with Crippen LogP contribution in [0.2, 0.25) is 0 Å². The van der Waals surface area contributed by atoms with E-state index in [9.17, 15) is 0 Å². The van der Waals surface area contributed by atoms with Gasteiger partial charge in [-0.3, -0.25) is 0 Å². The number of aromatic nitrogens is 1. The van der Waals surface area contributed by atoms with Crippen LogP contribution in [-0.4, -0.2) is 11.5 Å². The van der Waals surface area contributed by atoms with Crippen LogP contribution in [0.4, 0.5) is 5.88 Å². The first kappa shape index (κ1) is 7.12. The van der Waals surface area contributed by atoms with Gasteiger partial charge in [-0.2, -0.15) is 0 Å². The van der Waals surface area contributed by atoms with E-state index in [4.69, 9.17) is 4.42 Å². The van der Waals surface area contributed by atoms with E-state index in [1.54, 1.807) is 0 Å². The Balaban J connectivity index is 2.49. The molecule has 1 aromatic rings. The molecule has 0 amide bonds. The molecule has 0 unspecified atom stereocenters. The van der Waals surface area contributed by atoms with Gasteiger partial charge in [0.05, 0.1) is 0 Å². The topological polar surface area (TPSA) is 38.1 Å². The minimum atomic E-state index is 0.793. The lowest BCUT2D eigenvalue weighted by Crippen LogP contribution is -1.99. The van der Waals surface area contributed by atoms with Crippen LogP contribution < -0.4 is 5.32 Å². The summed E-state index contributed by atoms with van der Waals surface area (Å²) in [5, 5.41) is 3.11. The monoisotopic (exact) mass is 140 g/mol. The van der Waals surface area contributed by atoms with Gasteiger partial charge in [0.25, 0.3) is 0 Å². The molecule has 10 heavy (non-hydrogen) atoms. The van der Waals surface area contributed by atoms with Crippen molar-refractivity contribution in [1.82, 2.24) is 4.98 Å². The summed E-state index contributed by atoms with van der Waals surface area (Å²) >= 11 is 0. The summed E-state index contributed by atoms with van der Waals surface area (Å²) < 4.78 is 5.04. The van der Waals surface area contributed by atoms with Gasteiger partial charge >= 0.3 is 0 Å². The van der Waals surface area contributed by atoms with Crippen molar-refractivity contribution in [3.8, 4) is 0 Å². The molecule has 0 saturated carbocycles. The van der Waals surface area contributed by atoms with Gasteiger partial charge in [0.15, 0.2) is 6.39 Å². The van der Waals surface area contributed by atoms with Crippen molar-refractivity contribution in [2.45, 2.75) is 20.3 Å². The molecule has 0 bridgehead atoms. The number of hydrogen-bond donors (Lipinski definition) is 1. The predicted octanol–water partition coefficient (Wildman–Crippen LogP) is 1.80. The number of nitrogens with zero attached hydrogens (tertiary/aromatic N) is 1. The minimum Gasteiger partial charge on any atom is -0.428 e. The first-order valence-corrected chi connectivity index (χ1v) is 3.48. The summed E-state index contributed by atoms with van der Waals surface area (Å²) in [4.78, 5) is 3.94. The number of hydrogen-bond acceptors (Lipinski definition) is 3. The molecule has 0 saturated heterocycles. The van der Waals surface area contributed by atoms with Crippen molar-refractivity contribution >= 4 is 5.88 Å². The van der Waals surface area contributed by atoms with E-state index in [0.29, 0.717) is 0 Å². The molecule has 0 atom stereocenters. The van der Waals surface area contributed by atoms with Crippen molar-refractivity contribution in [1.29, 1.82) is 0 Å². The zero-order valence-corrected chi connectivity index (χ0v) is 6.35. The second-order valence-corrected chi connectivity index (χ2v) is 2.19. The molecule has 1 rings (SSSR count). The van der Waals surface area contributed by atoms with Crippen molar-refractivity contribution in [2.75, 3.05) is 11.9 Å². The third-order valence-electron chi connectivity index (χ3n) is 1.28. The van der Waals surface area contributed by atoms with E-state index in [1.165, 1.54) is 6.39 Å². The lowest BCUT2D eigenvalue weighted by atomic mass is 10.4. The Morgan fingerprint density at radius 2 is 2.50 bits per heavy atom. The molecule has 0 spiro atoms. The number of rotatable bonds is 3. The Labute approximate surface area is 60.5 Å². The molecule has 56 valence electrons. The van der Waals surface area contributed by atoms with Gasteiger partial charge in [-0.05, 0) is 13.3 Å². The Morgan fingerprint density at radius 3 is 3.00 bits per heavy atom. The van der Waals surface area contributed by atoms with Crippen molar-refractivity contribution < 1.29 is 4.42 Å². The highest BCUT2D eigenvalue weighted by molar-refractivity contribution is 5.34. The van der Waals surface area contributed by atoms with Crippen LogP contribution in [0.1, 0.15) is 19.0 Å². The standard InChI is InChI=1S/C7H12N2O/c1-3-4-8-7-6(2)9-5-10-7/h5,8H,3-4H2,1-2H3. The Hall–Kier alpha value is -0.990. The molecule has 1 heterocycles. The lowest BCUT2D eigenvalue weighted by Gasteiger charge is -1.98. The molecule has 0 aliphatic carbocycles. The molecular weight excluding hydrogens is 128 g/mol. The molecule has 0 radical (unpaired) electrons. The minimum absolute atomic E-state index is 0.793. The highest BCUT2D eigenvalue weighted by Crippen LogP contribution is 2.10. The zero-order valence-electron chi connectivity index (χ0n) is 6.35. The largest absolute Gasteiger partial charge is 0.428 e. The van der Waals surface area contributed by atoms with E-state index >= 15 is 0 Å². The van der Waals surface area contributed by atoms with Crippen molar-refractivity contribution in [2.24, 2.45) is 0 Å². The van der Waals surface area contributed by atoms with E-state index < -0.39 is 0 Å². The fourth-order valence-corrected chi connectivity index (χ4v) is 0.710. The number of nitrogens with one attached hydrogen (secondary N) is 1. The summed E-state index contributed by atoms with van der Waals surface area (Å²) in [6.45, 7) is 4.97. The quantitative estimate of drug-likeness (QED) is 0.695. The molecule has 1 aromatic heterocycles. The normalized spacial score (nSPS) is 9.80. The third-order valence-corrected chi connectivity index (χ3v) is 1.28. The molecule has 0 aromatic carbocycles. The Bertz CT molecular complexity index is 195. The Morgan fingerprint density at radius 1 is 1.70 bits per heavy atom. The van der Waals surface area contributed by atoms with Gasteiger partial charge in [-0.25, -0.2) is 4.98 Å². The maximum absolute atomic E-state index is 5.04. The average Bonchev–Trinajstić information content (AvgIpc) is 2.31. The van der Waals surface area contributed by atoms with Crippen molar-refractivity contribution in [3.63, 3.8) is 0 Å². The highest BCUT2D eigenvalue weighted by atomic mass is 16.4. The maximum Gasteiger partial charge on any atom is 0.216 e. The molecule has 3 heteroatoms. The molecule has 0 aliphatic heterocycles. The van der Waals surface area contributed by atoms with Crippen LogP contribution in [0.15, 0.2) is 10.8 Å². The maximum atomic E-state index is 5.04. The fourth-order valence-electron chi connectivity index (χ4n) is 0.710. The van der Waals surface area contributed by atoms with Crippen LogP contribution in [-0.2, 0) is 0 Å². The number of aryl methyl sites for hydroxylation is 1. The molecular formula is C7H12N2O. The van der Waals surface area contributed by atoms with E-state index in [-0.39, 0.29) is 0 Å². The summed E-state index contributed by atoms with van der Waals surface area (Å²) in [5.41, 5.74) is 0.924. The second kappa shape index (κ2) is 3.25. The third kappa shape index (κ3) is 1.50. The predicted molar refractivity (Wildman–Crippen MR) is 40.0 cm³/mol. The van der Waals surface area contributed by atoms with Gasteiger partial charge in [0.1, 0.15) is 5.69 Å². The summed E-state index contributed by atoms with van der Waals surface area (Å²) in [7, 11) is 0. The molecule has 3 nitrogen and oxygen atoms in total. The van der Waals surface area contributed by atoms with Gasteiger partial charge < -0.3 is 9.73 Å². The van der Waals surface area contributed by atoms with Gasteiger partial charge in [0, 0.05) is 6.54 Å². The van der Waals surface area contributed by atoms with E-state index in [2.05, 4.69) is 17.2 Å². The second-order valence-electron chi connectivity index (χ2n) is 2.19. The first-order chi connectivity index (χ1) is 4.84. The molecule has 0 fully saturated rings. The average molecular weight is 140 g/mol. The van der Waals surface area contributed by atoms with Crippen LogP contribution >= 0.6 is 0 Å². The number of anilines is 1. The van der Waals surface area contributed by atoms with E-state index in [1.807, 2.05) is 6.92 Å². The van der Waals surface area contributed by atoms with Crippen LogP contribution in [0, 0.1) is 6.92 Å². The molecule has 1 N–H and O–H groups in total. The molecule has 0 aliphatic rings. The number of oxazole rings is 1.